The highest BCUT2D eigenvalue weighted by molar-refractivity contribution is 5.88. The minimum absolute atomic E-state index is 0.0166. The Kier molecular flexibility index (Phi) is 2.87. The fraction of sp³-hybridized carbons (Fsp3) is 0.545. The molecular formula is C11H16N4O2. The van der Waals surface area contributed by atoms with Crippen molar-refractivity contribution in [1.82, 2.24) is 14.7 Å². The molecule has 0 saturated carbocycles. The van der Waals surface area contributed by atoms with Crippen LogP contribution in [0.25, 0.3) is 0 Å². The van der Waals surface area contributed by atoms with E-state index >= 15 is 0 Å². The Morgan fingerprint density at radius 3 is 2.82 bits per heavy atom. The second kappa shape index (κ2) is 4.20. The van der Waals surface area contributed by atoms with Gasteiger partial charge in [0.1, 0.15) is 0 Å². The van der Waals surface area contributed by atoms with Gasteiger partial charge < -0.3 is 10.6 Å². The molecule has 1 fully saturated rings. The van der Waals surface area contributed by atoms with Gasteiger partial charge in [-0.2, -0.15) is 5.10 Å². The van der Waals surface area contributed by atoms with Crippen LogP contribution >= 0.6 is 0 Å². The van der Waals surface area contributed by atoms with E-state index in [9.17, 15) is 9.59 Å². The van der Waals surface area contributed by atoms with Crippen molar-refractivity contribution >= 4 is 11.8 Å². The molecule has 1 aromatic heterocycles. The van der Waals surface area contributed by atoms with Gasteiger partial charge in [-0.1, -0.05) is 0 Å². The quantitative estimate of drug-likeness (QED) is 0.772. The van der Waals surface area contributed by atoms with Crippen LogP contribution < -0.4 is 5.73 Å². The van der Waals surface area contributed by atoms with Gasteiger partial charge in [0.05, 0.1) is 12.1 Å². The molecule has 2 heterocycles. The van der Waals surface area contributed by atoms with Crippen LogP contribution in [0.1, 0.15) is 17.7 Å². The lowest BCUT2D eigenvalue weighted by molar-refractivity contribution is -0.128. The van der Waals surface area contributed by atoms with Crippen LogP contribution in [0.5, 0.6) is 0 Å². The van der Waals surface area contributed by atoms with Gasteiger partial charge in [-0.05, 0) is 6.92 Å². The fourth-order valence-corrected chi connectivity index (χ4v) is 2.02. The third-order valence-electron chi connectivity index (χ3n) is 3.31. The first kappa shape index (κ1) is 11.6. The summed E-state index contributed by atoms with van der Waals surface area (Å²) < 4.78 is 1.77. The van der Waals surface area contributed by atoms with Gasteiger partial charge in [-0.15, -0.1) is 0 Å². The van der Waals surface area contributed by atoms with Gasteiger partial charge >= 0.3 is 0 Å². The molecule has 92 valence electrons. The van der Waals surface area contributed by atoms with Crippen molar-refractivity contribution in [1.29, 1.82) is 0 Å². The van der Waals surface area contributed by atoms with Crippen LogP contribution in [0.15, 0.2) is 6.20 Å². The van der Waals surface area contributed by atoms with E-state index in [0.717, 1.165) is 11.3 Å². The normalized spacial score (nSPS) is 20.0. The summed E-state index contributed by atoms with van der Waals surface area (Å²) in [4.78, 5) is 24.4. The lowest BCUT2D eigenvalue weighted by Gasteiger charge is -2.15. The third kappa shape index (κ3) is 2.15. The summed E-state index contributed by atoms with van der Waals surface area (Å²) in [5.41, 5.74) is 7.25. The number of carbonyl (C=O) groups is 2. The lowest BCUT2D eigenvalue weighted by Crippen LogP contribution is -2.28. The molecule has 2 rings (SSSR count). The molecule has 1 atom stereocenters. The zero-order chi connectivity index (χ0) is 12.6. The van der Waals surface area contributed by atoms with Crippen molar-refractivity contribution in [2.75, 3.05) is 6.54 Å². The maximum absolute atomic E-state index is 11.7. The van der Waals surface area contributed by atoms with Gasteiger partial charge in [-0.3, -0.25) is 14.3 Å². The average molecular weight is 236 g/mol. The first-order chi connectivity index (χ1) is 7.99. The van der Waals surface area contributed by atoms with Crippen LogP contribution in [0.4, 0.5) is 0 Å². The first-order valence-electron chi connectivity index (χ1n) is 5.53. The average Bonchev–Trinajstić information content (AvgIpc) is 2.77. The second-order valence-corrected chi connectivity index (χ2v) is 4.46. The number of primary amides is 1. The van der Waals surface area contributed by atoms with Gasteiger partial charge in [-0.25, -0.2) is 0 Å². The molecule has 6 heteroatoms. The molecule has 1 aliphatic heterocycles. The summed E-state index contributed by atoms with van der Waals surface area (Å²) in [6.45, 7) is 2.87. The third-order valence-corrected chi connectivity index (χ3v) is 3.31. The molecule has 2 amide bonds. The largest absolute Gasteiger partial charge is 0.369 e. The number of nitrogens with zero attached hydrogens (tertiary/aromatic N) is 3. The molecule has 0 spiro atoms. The maximum Gasteiger partial charge on any atom is 0.223 e. The van der Waals surface area contributed by atoms with E-state index < -0.39 is 5.91 Å². The van der Waals surface area contributed by atoms with E-state index in [1.807, 2.05) is 14.0 Å². The molecule has 17 heavy (non-hydrogen) atoms. The van der Waals surface area contributed by atoms with Crippen molar-refractivity contribution in [3.63, 3.8) is 0 Å². The molecule has 1 aliphatic rings. The van der Waals surface area contributed by atoms with Crippen molar-refractivity contribution in [3.8, 4) is 0 Å². The number of nitrogens with two attached hydrogens (primary N) is 1. The number of aryl methyl sites for hydroxylation is 1. The van der Waals surface area contributed by atoms with Crippen LogP contribution in [0.3, 0.4) is 0 Å². The number of hydrogen-bond acceptors (Lipinski definition) is 3. The molecule has 1 unspecified atom stereocenters. The van der Waals surface area contributed by atoms with E-state index in [-0.39, 0.29) is 18.2 Å². The summed E-state index contributed by atoms with van der Waals surface area (Å²) >= 11 is 0. The number of carbonyl (C=O) groups excluding carboxylic acids is 2. The highest BCUT2D eigenvalue weighted by Crippen LogP contribution is 2.20. The highest BCUT2D eigenvalue weighted by Gasteiger charge is 2.33. The van der Waals surface area contributed by atoms with Crippen molar-refractivity contribution in [3.05, 3.63) is 17.5 Å². The topological polar surface area (TPSA) is 81.2 Å². The molecule has 0 aromatic carbocycles. The molecule has 0 bridgehead atoms. The van der Waals surface area contributed by atoms with E-state index in [0.29, 0.717) is 13.1 Å². The van der Waals surface area contributed by atoms with Gasteiger partial charge in [0, 0.05) is 37.8 Å². The van der Waals surface area contributed by atoms with Crippen LogP contribution in [-0.2, 0) is 23.2 Å². The number of hydrogen-bond donors (Lipinski definition) is 1. The monoisotopic (exact) mass is 236 g/mol. The van der Waals surface area contributed by atoms with E-state index in [1.54, 1.807) is 15.8 Å². The summed E-state index contributed by atoms with van der Waals surface area (Å²) in [7, 11) is 1.86. The number of likely N-dealkylation sites (tertiary alicyclic amines) is 1. The van der Waals surface area contributed by atoms with Crippen molar-refractivity contribution in [2.45, 2.75) is 19.9 Å². The van der Waals surface area contributed by atoms with Crippen molar-refractivity contribution in [2.24, 2.45) is 18.7 Å². The Bertz CT molecular complexity index is 466. The number of rotatable bonds is 3. The van der Waals surface area contributed by atoms with Crippen LogP contribution in [0, 0.1) is 12.8 Å². The minimum Gasteiger partial charge on any atom is -0.369 e. The van der Waals surface area contributed by atoms with E-state index in [2.05, 4.69) is 5.10 Å². The standard InChI is InChI=1S/C11H16N4O2/c1-7-9(4-13-14(7)2)6-15-5-8(11(12)17)3-10(15)16/h4,8H,3,5-6H2,1-2H3,(H2,12,17). The first-order valence-corrected chi connectivity index (χ1v) is 5.53. The Morgan fingerprint density at radius 1 is 1.65 bits per heavy atom. The highest BCUT2D eigenvalue weighted by atomic mass is 16.2. The smallest absolute Gasteiger partial charge is 0.223 e. The van der Waals surface area contributed by atoms with E-state index in [4.69, 9.17) is 5.73 Å². The second-order valence-electron chi connectivity index (χ2n) is 4.46. The molecule has 0 aliphatic carbocycles. The molecule has 2 N–H and O–H groups in total. The SMILES string of the molecule is Cc1c(CN2CC(C(N)=O)CC2=O)cnn1C. The zero-order valence-electron chi connectivity index (χ0n) is 10.0. The molecule has 0 radical (unpaired) electrons. The maximum atomic E-state index is 11.7. The Labute approximate surface area is 99.4 Å². The molecule has 1 saturated heterocycles. The number of amides is 2. The number of aromatic nitrogens is 2. The summed E-state index contributed by atoms with van der Waals surface area (Å²) in [5, 5.41) is 4.12. The fourth-order valence-electron chi connectivity index (χ4n) is 2.02. The summed E-state index contributed by atoms with van der Waals surface area (Å²) in [6, 6.07) is 0. The zero-order valence-corrected chi connectivity index (χ0v) is 10.0. The summed E-state index contributed by atoms with van der Waals surface area (Å²) in [5.74, 6) is -0.764. The molecule has 1 aromatic rings. The minimum atomic E-state index is -0.399. The van der Waals surface area contributed by atoms with Gasteiger partial charge in [0.15, 0.2) is 0 Å². The van der Waals surface area contributed by atoms with Gasteiger partial charge in [0.2, 0.25) is 11.8 Å². The lowest BCUT2D eigenvalue weighted by atomic mass is 10.1. The molecule has 6 nitrogen and oxygen atoms in total. The predicted molar refractivity (Wildman–Crippen MR) is 60.7 cm³/mol. The van der Waals surface area contributed by atoms with Gasteiger partial charge in [0.25, 0.3) is 0 Å². The molecular weight excluding hydrogens is 220 g/mol. The van der Waals surface area contributed by atoms with Crippen molar-refractivity contribution < 1.29 is 9.59 Å². The van der Waals surface area contributed by atoms with E-state index in [1.165, 1.54) is 0 Å². The summed E-state index contributed by atoms with van der Waals surface area (Å²) in [6.07, 6.45) is 1.98. The van der Waals surface area contributed by atoms with Crippen LogP contribution in [-0.4, -0.2) is 33.0 Å². The Morgan fingerprint density at radius 2 is 2.35 bits per heavy atom. The van der Waals surface area contributed by atoms with Crippen LogP contribution in [0.2, 0.25) is 0 Å². The Hall–Kier alpha value is -1.85. The predicted octanol–water partition coefficient (Wildman–Crippen LogP) is -0.438. The Balaban J connectivity index is 2.08.